The summed E-state index contributed by atoms with van der Waals surface area (Å²) in [5, 5.41) is 6.69. The lowest BCUT2D eigenvalue weighted by molar-refractivity contribution is 0.0376. The van der Waals surface area contributed by atoms with E-state index in [2.05, 4.69) is 32.4 Å². The van der Waals surface area contributed by atoms with Gasteiger partial charge in [0, 0.05) is 38.4 Å². The van der Waals surface area contributed by atoms with E-state index < -0.39 is 0 Å². The van der Waals surface area contributed by atoms with E-state index >= 15 is 0 Å². The summed E-state index contributed by atoms with van der Waals surface area (Å²) >= 11 is 0. The molecule has 0 aliphatic carbocycles. The van der Waals surface area contributed by atoms with Crippen LogP contribution in [-0.4, -0.2) is 67.9 Å². The first-order chi connectivity index (χ1) is 12.7. The van der Waals surface area contributed by atoms with Gasteiger partial charge in [0.15, 0.2) is 5.96 Å². The zero-order valence-electron chi connectivity index (χ0n) is 16.7. The number of ether oxygens (including phenoxy) is 2. The summed E-state index contributed by atoms with van der Waals surface area (Å²) in [6.45, 7) is 13.3. The molecule has 0 spiro atoms. The summed E-state index contributed by atoms with van der Waals surface area (Å²) in [5.74, 6) is 1.50. The van der Waals surface area contributed by atoms with Crippen molar-refractivity contribution in [2.45, 2.75) is 39.8 Å². The van der Waals surface area contributed by atoms with Crippen molar-refractivity contribution in [2.75, 3.05) is 45.9 Å². The Labute approximate surface area is 180 Å². The van der Waals surface area contributed by atoms with Crippen molar-refractivity contribution in [1.29, 1.82) is 0 Å². The third-order valence-electron chi connectivity index (χ3n) is 3.97. The summed E-state index contributed by atoms with van der Waals surface area (Å²) in [4.78, 5) is 11.4. The predicted molar refractivity (Wildman–Crippen MR) is 120 cm³/mol. The minimum atomic E-state index is 0. The van der Waals surface area contributed by atoms with E-state index in [9.17, 15) is 0 Å². The van der Waals surface area contributed by atoms with Crippen molar-refractivity contribution in [3.63, 3.8) is 0 Å². The van der Waals surface area contributed by atoms with Crippen LogP contribution >= 0.6 is 24.0 Å². The number of pyridine rings is 1. The van der Waals surface area contributed by atoms with Crippen molar-refractivity contribution >= 4 is 29.9 Å². The first kappa shape index (κ1) is 23.9. The first-order valence-electron chi connectivity index (χ1n) is 9.61. The van der Waals surface area contributed by atoms with Gasteiger partial charge in [0.1, 0.15) is 0 Å². The second-order valence-electron chi connectivity index (χ2n) is 6.60. The molecule has 0 aromatic carbocycles. The van der Waals surface area contributed by atoms with E-state index in [1.165, 1.54) is 0 Å². The molecular weight excluding hydrogens is 457 g/mol. The van der Waals surface area contributed by atoms with E-state index in [0.717, 1.165) is 63.9 Å². The molecule has 1 fully saturated rings. The second kappa shape index (κ2) is 14.0. The third kappa shape index (κ3) is 10.1. The second-order valence-corrected chi connectivity index (χ2v) is 6.60. The van der Waals surface area contributed by atoms with Crippen molar-refractivity contribution in [1.82, 2.24) is 20.5 Å². The molecule has 154 valence electrons. The lowest BCUT2D eigenvalue weighted by Gasteiger charge is -2.26. The Morgan fingerprint density at radius 1 is 1.30 bits per heavy atom. The Morgan fingerprint density at radius 2 is 2.07 bits per heavy atom. The molecule has 1 aliphatic rings. The van der Waals surface area contributed by atoms with Gasteiger partial charge in [-0.3, -0.25) is 4.90 Å². The molecule has 8 heteroatoms. The fourth-order valence-electron chi connectivity index (χ4n) is 2.66. The summed E-state index contributed by atoms with van der Waals surface area (Å²) in [6.07, 6.45) is 3.05. The summed E-state index contributed by atoms with van der Waals surface area (Å²) in [5.41, 5.74) is 1.06. The maximum absolute atomic E-state index is 5.57. The van der Waals surface area contributed by atoms with Gasteiger partial charge in [0.2, 0.25) is 5.88 Å². The van der Waals surface area contributed by atoms with Crippen LogP contribution in [0.3, 0.4) is 0 Å². The molecule has 0 amide bonds. The Hall–Kier alpha value is -1.13. The van der Waals surface area contributed by atoms with Crippen LogP contribution in [0.2, 0.25) is 0 Å². The van der Waals surface area contributed by atoms with E-state index in [0.29, 0.717) is 12.4 Å². The van der Waals surface area contributed by atoms with E-state index in [4.69, 9.17) is 9.47 Å². The molecule has 1 aromatic heterocycles. The quantitative estimate of drug-likeness (QED) is 0.239. The highest BCUT2D eigenvalue weighted by atomic mass is 127. The minimum absolute atomic E-state index is 0. The smallest absolute Gasteiger partial charge is 0.213 e. The topological polar surface area (TPSA) is 71.0 Å². The van der Waals surface area contributed by atoms with Gasteiger partial charge < -0.3 is 20.1 Å². The Kier molecular flexibility index (Phi) is 12.4. The molecule has 0 unspecified atom stereocenters. The summed E-state index contributed by atoms with van der Waals surface area (Å²) in [7, 11) is 0. The van der Waals surface area contributed by atoms with Gasteiger partial charge >= 0.3 is 0 Å². The number of nitrogens with zero attached hydrogens (tertiary/aromatic N) is 3. The molecule has 2 heterocycles. The van der Waals surface area contributed by atoms with Gasteiger partial charge in [-0.1, -0.05) is 6.07 Å². The Balaban J connectivity index is 0.00000364. The maximum atomic E-state index is 5.57. The highest BCUT2D eigenvalue weighted by molar-refractivity contribution is 14.0. The largest absolute Gasteiger partial charge is 0.475 e. The molecule has 7 nitrogen and oxygen atoms in total. The van der Waals surface area contributed by atoms with Crippen molar-refractivity contribution in [3.05, 3.63) is 23.9 Å². The van der Waals surface area contributed by atoms with Crippen LogP contribution in [0, 0.1) is 0 Å². The molecule has 0 saturated carbocycles. The number of hydrogen-bond acceptors (Lipinski definition) is 5. The number of hydrogen-bond donors (Lipinski definition) is 2. The van der Waals surface area contributed by atoms with Gasteiger partial charge in [-0.05, 0) is 39.3 Å². The number of morpholine rings is 1. The van der Waals surface area contributed by atoms with Gasteiger partial charge in [0.25, 0.3) is 0 Å². The fourth-order valence-corrected chi connectivity index (χ4v) is 2.66. The molecular formula is C19H34IN5O2. The standard InChI is InChI=1S/C19H33N5O2.HI/c1-4-20-19(21-8-5-9-24-10-12-25-13-11-24)23-15-17-6-7-18(22-14-17)26-16(2)3;/h6-7,14,16H,4-5,8-13,15H2,1-3H3,(H2,20,21,23);1H. The highest BCUT2D eigenvalue weighted by Gasteiger charge is 2.09. The predicted octanol–water partition coefficient (Wildman–Crippen LogP) is 2.26. The van der Waals surface area contributed by atoms with E-state index in [1.807, 2.05) is 32.2 Å². The fraction of sp³-hybridized carbons (Fsp3) is 0.684. The zero-order chi connectivity index (χ0) is 18.6. The highest BCUT2D eigenvalue weighted by Crippen LogP contribution is 2.10. The van der Waals surface area contributed by atoms with Gasteiger partial charge in [-0.25, -0.2) is 9.98 Å². The van der Waals surface area contributed by atoms with Crippen LogP contribution in [0.1, 0.15) is 32.8 Å². The van der Waals surface area contributed by atoms with Crippen LogP contribution in [0.25, 0.3) is 0 Å². The van der Waals surface area contributed by atoms with Crippen molar-refractivity contribution in [3.8, 4) is 5.88 Å². The van der Waals surface area contributed by atoms with Gasteiger partial charge in [-0.15, -0.1) is 24.0 Å². The average Bonchev–Trinajstić information content (AvgIpc) is 2.64. The molecule has 0 radical (unpaired) electrons. The molecule has 2 N–H and O–H groups in total. The lowest BCUT2D eigenvalue weighted by Crippen LogP contribution is -2.40. The van der Waals surface area contributed by atoms with Crippen LogP contribution in [0.5, 0.6) is 5.88 Å². The maximum Gasteiger partial charge on any atom is 0.213 e. The summed E-state index contributed by atoms with van der Waals surface area (Å²) in [6, 6.07) is 3.91. The number of halogens is 1. The SMILES string of the molecule is CCNC(=NCc1ccc(OC(C)C)nc1)NCCCN1CCOCC1.I. The van der Waals surface area contributed by atoms with E-state index in [-0.39, 0.29) is 30.1 Å². The van der Waals surface area contributed by atoms with Gasteiger partial charge in [0.05, 0.1) is 25.9 Å². The number of guanidine groups is 1. The minimum Gasteiger partial charge on any atom is -0.475 e. The van der Waals surface area contributed by atoms with Crippen molar-refractivity contribution < 1.29 is 9.47 Å². The molecule has 1 aromatic rings. The average molecular weight is 491 g/mol. The molecule has 2 rings (SSSR count). The number of aromatic nitrogens is 1. The lowest BCUT2D eigenvalue weighted by atomic mass is 10.3. The number of nitrogens with one attached hydrogen (secondary N) is 2. The van der Waals surface area contributed by atoms with Crippen molar-refractivity contribution in [2.24, 2.45) is 4.99 Å². The summed E-state index contributed by atoms with van der Waals surface area (Å²) < 4.78 is 10.9. The van der Waals surface area contributed by atoms with Crippen LogP contribution in [0.15, 0.2) is 23.3 Å². The third-order valence-corrected chi connectivity index (χ3v) is 3.97. The van der Waals surface area contributed by atoms with E-state index in [1.54, 1.807) is 0 Å². The molecule has 27 heavy (non-hydrogen) atoms. The Morgan fingerprint density at radius 3 is 2.70 bits per heavy atom. The Bertz CT molecular complexity index is 533. The zero-order valence-corrected chi connectivity index (χ0v) is 19.1. The molecule has 0 atom stereocenters. The normalized spacial score (nSPS) is 15.3. The molecule has 0 bridgehead atoms. The van der Waals surface area contributed by atoms with Crippen LogP contribution in [0.4, 0.5) is 0 Å². The van der Waals surface area contributed by atoms with Crippen LogP contribution < -0.4 is 15.4 Å². The first-order valence-corrected chi connectivity index (χ1v) is 9.61. The monoisotopic (exact) mass is 491 g/mol. The number of aliphatic imine (C=N–C) groups is 1. The molecule has 1 aliphatic heterocycles. The molecule has 1 saturated heterocycles. The number of rotatable bonds is 9. The van der Waals surface area contributed by atoms with Crippen LogP contribution in [-0.2, 0) is 11.3 Å². The van der Waals surface area contributed by atoms with Gasteiger partial charge in [-0.2, -0.15) is 0 Å².